The molecular weight excluding hydrogens is 460 g/mol. The molecule has 5 rings (SSSR count). The van der Waals surface area contributed by atoms with Gasteiger partial charge in [-0.05, 0) is 70.6 Å². The predicted octanol–water partition coefficient (Wildman–Crippen LogP) is 5.29. The molecule has 0 unspecified atom stereocenters. The molecule has 9 nitrogen and oxygen atoms in total. The summed E-state index contributed by atoms with van der Waals surface area (Å²) < 4.78 is 13.5. The molecule has 1 fully saturated rings. The van der Waals surface area contributed by atoms with Crippen molar-refractivity contribution >= 4 is 28.8 Å². The number of carbonyl (C=O) groups excluding carboxylic acids is 1. The first-order chi connectivity index (χ1) is 17.4. The molecule has 36 heavy (non-hydrogen) atoms. The summed E-state index contributed by atoms with van der Waals surface area (Å²) in [5.74, 6) is 0.281. The second kappa shape index (κ2) is 9.79. The van der Waals surface area contributed by atoms with E-state index in [1.165, 1.54) is 7.11 Å². The van der Waals surface area contributed by atoms with Gasteiger partial charge >= 0.3 is 12.1 Å². The summed E-state index contributed by atoms with van der Waals surface area (Å²) in [5.41, 5.74) is 3.70. The zero-order chi connectivity index (χ0) is 25.4. The molecule has 3 aromatic rings. The van der Waals surface area contributed by atoms with E-state index in [-0.39, 0.29) is 30.2 Å². The Morgan fingerprint density at radius 3 is 2.56 bits per heavy atom. The number of anilines is 1. The zero-order valence-corrected chi connectivity index (χ0v) is 20.9. The molecule has 1 saturated carbocycles. The van der Waals surface area contributed by atoms with Crippen LogP contribution >= 0.6 is 0 Å². The number of ether oxygens (including phenoxy) is 2. The van der Waals surface area contributed by atoms with Crippen molar-refractivity contribution in [1.29, 1.82) is 0 Å². The average Bonchev–Trinajstić information content (AvgIpc) is 3.29. The van der Waals surface area contributed by atoms with Gasteiger partial charge in [-0.25, -0.2) is 14.8 Å². The Balaban J connectivity index is 1.60. The minimum absolute atomic E-state index is 0.0293. The summed E-state index contributed by atoms with van der Waals surface area (Å²) in [4.78, 5) is 35.3. The van der Waals surface area contributed by atoms with E-state index in [9.17, 15) is 14.7 Å². The van der Waals surface area contributed by atoms with Crippen molar-refractivity contribution in [2.24, 2.45) is 5.92 Å². The number of pyridine rings is 1. The van der Waals surface area contributed by atoms with Crippen molar-refractivity contribution in [3.8, 4) is 5.88 Å². The minimum atomic E-state index is -0.720. The molecular formula is C27H32N4O5. The zero-order valence-electron chi connectivity index (χ0n) is 20.9. The minimum Gasteiger partial charge on any atom is -0.481 e. The highest BCUT2D eigenvalue weighted by Gasteiger charge is 2.34. The third-order valence-electron chi connectivity index (χ3n) is 7.56. The van der Waals surface area contributed by atoms with E-state index < -0.39 is 5.97 Å². The summed E-state index contributed by atoms with van der Waals surface area (Å²) in [6.07, 6.45) is 5.34. The van der Waals surface area contributed by atoms with Crippen molar-refractivity contribution in [3.05, 3.63) is 47.9 Å². The molecule has 0 saturated heterocycles. The largest absolute Gasteiger partial charge is 0.481 e. The maximum atomic E-state index is 12.6. The molecule has 9 heteroatoms. The quantitative estimate of drug-likeness (QED) is 0.515. The number of benzene rings is 1. The second-order valence-electron chi connectivity index (χ2n) is 9.77. The molecule has 1 N–H and O–H groups in total. The van der Waals surface area contributed by atoms with Crippen molar-refractivity contribution in [2.75, 3.05) is 12.0 Å². The molecule has 0 spiro atoms. The number of carbonyl (C=O) groups is 2. The Morgan fingerprint density at radius 1 is 1.11 bits per heavy atom. The SMILES string of the molecule is COC(=O)N1c2ccc3c(nc([C@H](C)Oc4ccccn4)n3C3CCC(C(=O)O)CC3)c2CC[C@@H]1C. The topological polar surface area (TPSA) is 107 Å². The highest BCUT2D eigenvalue weighted by Crippen LogP contribution is 2.41. The van der Waals surface area contributed by atoms with Gasteiger partial charge in [-0.2, -0.15) is 0 Å². The van der Waals surface area contributed by atoms with Crippen LogP contribution in [0.3, 0.4) is 0 Å². The van der Waals surface area contributed by atoms with Gasteiger partial charge in [-0.3, -0.25) is 9.69 Å². The molecule has 0 radical (unpaired) electrons. The molecule has 2 atom stereocenters. The molecule has 1 aliphatic heterocycles. The molecule has 1 aliphatic carbocycles. The van der Waals surface area contributed by atoms with E-state index in [4.69, 9.17) is 14.5 Å². The van der Waals surface area contributed by atoms with Gasteiger partial charge in [-0.1, -0.05) is 6.07 Å². The number of imidazole rings is 1. The number of aliphatic carboxylic acids is 1. The highest BCUT2D eigenvalue weighted by atomic mass is 16.5. The fourth-order valence-corrected chi connectivity index (χ4v) is 5.69. The van der Waals surface area contributed by atoms with E-state index in [2.05, 4.69) is 9.55 Å². The van der Waals surface area contributed by atoms with Gasteiger partial charge in [-0.15, -0.1) is 0 Å². The first-order valence-electron chi connectivity index (χ1n) is 12.6. The molecule has 0 bridgehead atoms. The first-order valence-corrected chi connectivity index (χ1v) is 12.6. The van der Waals surface area contributed by atoms with Crippen molar-refractivity contribution in [2.45, 2.75) is 70.6 Å². The summed E-state index contributed by atoms with van der Waals surface area (Å²) in [6.45, 7) is 3.99. The van der Waals surface area contributed by atoms with Crippen molar-refractivity contribution in [1.82, 2.24) is 14.5 Å². The van der Waals surface area contributed by atoms with Crippen LogP contribution < -0.4 is 9.64 Å². The van der Waals surface area contributed by atoms with Gasteiger partial charge in [0.1, 0.15) is 0 Å². The van der Waals surface area contributed by atoms with Crippen LogP contribution in [0.5, 0.6) is 5.88 Å². The Kier molecular flexibility index (Phi) is 6.55. The number of nitrogens with zero attached hydrogens (tertiary/aromatic N) is 4. The van der Waals surface area contributed by atoms with Crippen LogP contribution in [0.2, 0.25) is 0 Å². The van der Waals surface area contributed by atoms with Crippen LogP contribution in [-0.4, -0.2) is 44.9 Å². The molecule has 1 aromatic carbocycles. The number of carboxylic acids is 1. The lowest BCUT2D eigenvalue weighted by molar-refractivity contribution is -0.143. The van der Waals surface area contributed by atoms with E-state index in [1.807, 2.05) is 44.2 Å². The van der Waals surface area contributed by atoms with E-state index in [0.717, 1.165) is 53.8 Å². The number of aromatic nitrogens is 3. The summed E-state index contributed by atoms with van der Waals surface area (Å²) >= 11 is 0. The fourth-order valence-electron chi connectivity index (χ4n) is 5.69. The van der Waals surface area contributed by atoms with E-state index >= 15 is 0 Å². The predicted molar refractivity (Wildman–Crippen MR) is 134 cm³/mol. The lowest BCUT2D eigenvalue weighted by Crippen LogP contribution is -2.42. The molecule has 3 heterocycles. The number of hydrogen-bond donors (Lipinski definition) is 1. The van der Waals surface area contributed by atoms with Crippen LogP contribution in [0.15, 0.2) is 36.5 Å². The van der Waals surface area contributed by atoms with Gasteiger partial charge in [0, 0.05) is 29.9 Å². The lowest BCUT2D eigenvalue weighted by atomic mass is 9.85. The normalized spacial score (nSPS) is 22.6. The summed E-state index contributed by atoms with van der Waals surface area (Å²) in [7, 11) is 1.40. The van der Waals surface area contributed by atoms with Gasteiger partial charge < -0.3 is 19.1 Å². The van der Waals surface area contributed by atoms with Crippen LogP contribution in [0.1, 0.15) is 69.5 Å². The first kappa shape index (κ1) is 24.1. The highest BCUT2D eigenvalue weighted by molar-refractivity contribution is 5.95. The third kappa shape index (κ3) is 4.27. The molecule has 2 aromatic heterocycles. The second-order valence-corrected chi connectivity index (χ2v) is 9.77. The van der Waals surface area contributed by atoms with Crippen molar-refractivity contribution in [3.63, 3.8) is 0 Å². The number of methoxy groups -OCH3 is 1. The van der Waals surface area contributed by atoms with Gasteiger partial charge in [0.15, 0.2) is 11.9 Å². The number of carboxylic acid groups (broad SMARTS) is 1. The lowest BCUT2D eigenvalue weighted by Gasteiger charge is -2.34. The van der Waals surface area contributed by atoms with Gasteiger partial charge in [0.05, 0.1) is 29.7 Å². The van der Waals surface area contributed by atoms with Gasteiger partial charge in [0.2, 0.25) is 5.88 Å². The summed E-state index contributed by atoms with van der Waals surface area (Å²) in [6, 6.07) is 9.70. The fraction of sp³-hybridized carbons (Fsp3) is 0.481. The monoisotopic (exact) mass is 492 g/mol. The summed E-state index contributed by atoms with van der Waals surface area (Å²) in [5, 5.41) is 9.49. The molecule has 2 aliphatic rings. The van der Waals surface area contributed by atoms with Gasteiger partial charge in [0.25, 0.3) is 0 Å². The van der Waals surface area contributed by atoms with Crippen LogP contribution in [0, 0.1) is 5.92 Å². The standard InChI is InChI=1S/C27H32N4O5/c1-16-7-12-20-21(30(16)27(34)35-3)13-14-22-24(20)29-25(17(2)36-23-6-4-5-15-28-23)31(22)19-10-8-18(9-11-19)26(32)33/h4-6,13-19H,7-12H2,1-3H3,(H,32,33)/t16-,17-,18?,19?/m0/s1. The maximum absolute atomic E-state index is 12.6. The Labute approximate surface area is 210 Å². The Hall–Kier alpha value is -3.62. The van der Waals surface area contributed by atoms with Crippen LogP contribution in [0.25, 0.3) is 11.0 Å². The number of fused-ring (bicyclic) bond motifs is 3. The maximum Gasteiger partial charge on any atom is 0.414 e. The van der Waals surface area contributed by atoms with Crippen LogP contribution in [-0.2, 0) is 16.0 Å². The van der Waals surface area contributed by atoms with E-state index in [1.54, 1.807) is 11.1 Å². The molecule has 190 valence electrons. The number of aryl methyl sites for hydroxylation is 1. The number of amides is 1. The Morgan fingerprint density at radius 2 is 1.89 bits per heavy atom. The molecule has 1 amide bonds. The average molecular weight is 493 g/mol. The van der Waals surface area contributed by atoms with Crippen LogP contribution in [0.4, 0.5) is 10.5 Å². The number of hydrogen-bond acceptors (Lipinski definition) is 6. The Bertz CT molecular complexity index is 1270. The number of rotatable bonds is 5. The third-order valence-corrected chi connectivity index (χ3v) is 7.56. The van der Waals surface area contributed by atoms with Crippen molar-refractivity contribution < 1.29 is 24.2 Å². The van der Waals surface area contributed by atoms with E-state index in [0.29, 0.717) is 18.7 Å². The smallest absolute Gasteiger partial charge is 0.414 e.